The lowest BCUT2D eigenvalue weighted by Gasteiger charge is -2.25. The monoisotopic (exact) mass is 462 g/mol. The van der Waals surface area contributed by atoms with Crippen LogP contribution >= 0.6 is 0 Å². The molecule has 0 aromatic heterocycles. The van der Waals surface area contributed by atoms with Gasteiger partial charge < -0.3 is 4.74 Å². The first-order valence-electron chi connectivity index (χ1n) is 11.5. The summed E-state index contributed by atoms with van der Waals surface area (Å²) in [6.07, 6.45) is 8.60. The van der Waals surface area contributed by atoms with Gasteiger partial charge in [-0.3, -0.25) is 0 Å². The highest BCUT2D eigenvalue weighted by Gasteiger charge is 2.19. The van der Waals surface area contributed by atoms with E-state index in [1.165, 1.54) is 36.8 Å². The molecule has 0 aliphatic heterocycles. The molecule has 0 amide bonds. The van der Waals surface area contributed by atoms with E-state index in [0.717, 1.165) is 50.2 Å². The number of halogens is 3. The van der Waals surface area contributed by atoms with Crippen molar-refractivity contribution in [3.63, 3.8) is 0 Å². The molecule has 174 valence electrons. The second kappa shape index (κ2) is 10.6. The van der Waals surface area contributed by atoms with E-state index in [1.54, 1.807) is 6.07 Å². The van der Waals surface area contributed by atoms with Gasteiger partial charge in [-0.2, -0.15) is 0 Å². The summed E-state index contributed by atoms with van der Waals surface area (Å²) < 4.78 is 46.7. The molecule has 1 aliphatic carbocycles. The number of hydrogen-bond acceptors (Lipinski definition) is 2. The van der Waals surface area contributed by atoms with Crippen molar-refractivity contribution in [1.29, 1.82) is 0 Å². The Morgan fingerprint density at radius 2 is 1.68 bits per heavy atom. The summed E-state index contributed by atoms with van der Waals surface area (Å²) in [5.41, 5.74) is 0.282. The maximum atomic E-state index is 14.6. The summed E-state index contributed by atoms with van der Waals surface area (Å²) in [6.45, 7) is 3.78. The number of allylic oxidation sites excluding steroid dienone is 1. The molecule has 0 N–H and O–H groups in total. The Morgan fingerprint density at radius 3 is 2.38 bits per heavy atom. The van der Waals surface area contributed by atoms with Crippen molar-refractivity contribution in [1.82, 2.24) is 0 Å². The van der Waals surface area contributed by atoms with Gasteiger partial charge in [0.15, 0.2) is 11.6 Å². The van der Waals surface area contributed by atoms with E-state index >= 15 is 0 Å². The maximum absolute atomic E-state index is 14.6. The van der Waals surface area contributed by atoms with Gasteiger partial charge in [0.2, 0.25) is 0 Å². The van der Waals surface area contributed by atoms with Crippen molar-refractivity contribution in [2.75, 3.05) is 0 Å². The van der Waals surface area contributed by atoms with Crippen LogP contribution in [0.4, 0.5) is 13.2 Å². The topological polar surface area (TPSA) is 26.3 Å². The van der Waals surface area contributed by atoms with Crippen LogP contribution in [0.15, 0.2) is 61.2 Å². The van der Waals surface area contributed by atoms with Crippen LogP contribution in [0.25, 0.3) is 10.8 Å². The van der Waals surface area contributed by atoms with Crippen molar-refractivity contribution >= 4 is 16.7 Å². The summed E-state index contributed by atoms with van der Waals surface area (Å²) in [5.74, 6) is 3.87. The summed E-state index contributed by atoms with van der Waals surface area (Å²) in [6, 6.07) is 10.6. The normalized spacial score (nSPS) is 17.6. The summed E-state index contributed by atoms with van der Waals surface area (Å²) in [4.78, 5) is 12.5. The molecule has 0 spiro atoms. The van der Waals surface area contributed by atoms with Gasteiger partial charge in [-0.1, -0.05) is 24.0 Å². The van der Waals surface area contributed by atoms with E-state index in [1.807, 2.05) is 6.08 Å². The minimum Gasteiger partial charge on any atom is -0.423 e. The zero-order chi connectivity index (χ0) is 24.1. The molecule has 1 saturated carbocycles. The standard InChI is InChI=1S/C29H25F3O2/c1-2-3-4-19-5-7-20(8-6-19)9-10-21-11-14-25(26(30)15-21)29(33)34-24-13-12-22-17-27(31)28(32)18-23(22)16-24/h2,11-20H,1,3-8H2. The fourth-order valence-corrected chi connectivity index (χ4v) is 4.34. The van der Waals surface area contributed by atoms with Crippen LogP contribution in [0, 0.1) is 41.1 Å². The zero-order valence-corrected chi connectivity index (χ0v) is 18.8. The third-order valence-electron chi connectivity index (χ3n) is 6.30. The predicted molar refractivity (Wildman–Crippen MR) is 127 cm³/mol. The lowest BCUT2D eigenvalue weighted by Crippen LogP contribution is -2.13. The van der Waals surface area contributed by atoms with Crippen LogP contribution in [0.3, 0.4) is 0 Å². The maximum Gasteiger partial charge on any atom is 0.346 e. The highest BCUT2D eigenvalue weighted by Crippen LogP contribution is 2.31. The summed E-state index contributed by atoms with van der Waals surface area (Å²) in [7, 11) is 0. The van der Waals surface area contributed by atoms with Gasteiger partial charge in [0, 0.05) is 11.5 Å². The van der Waals surface area contributed by atoms with Gasteiger partial charge in [0.25, 0.3) is 0 Å². The Bertz CT molecular complexity index is 1280. The average molecular weight is 463 g/mol. The zero-order valence-electron chi connectivity index (χ0n) is 18.8. The van der Waals surface area contributed by atoms with Gasteiger partial charge in [0.1, 0.15) is 11.6 Å². The lowest BCUT2D eigenvalue weighted by molar-refractivity contribution is 0.0730. The molecule has 0 saturated heterocycles. The fourth-order valence-electron chi connectivity index (χ4n) is 4.34. The van der Waals surface area contributed by atoms with Crippen LogP contribution in [0.1, 0.15) is 54.4 Å². The molecule has 0 heterocycles. The van der Waals surface area contributed by atoms with Crippen LogP contribution < -0.4 is 4.74 Å². The second-order valence-corrected chi connectivity index (χ2v) is 8.71. The molecule has 0 unspecified atom stereocenters. The molecule has 0 atom stereocenters. The SMILES string of the molecule is C=CCCC1CCC(C#Cc2ccc(C(=O)Oc3ccc4cc(F)c(F)cc4c3)c(F)c2)CC1. The Labute approximate surface area is 197 Å². The number of esters is 1. The number of hydrogen-bond donors (Lipinski definition) is 0. The first kappa shape index (κ1) is 23.6. The molecule has 4 rings (SSSR count). The molecule has 0 radical (unpaired) electrons. The number of rotatable bonds is 5. The number of carbonyl (C=O) groups is 1. The molecule has 3 aromatic carbocycles. The Morgan fingerprint density at radius 1 is 0.941 bits per heavy atom. The van der Waals surface area contributed by atoms with E-state index in [-0.39, 0.29) is 11.3 Å². The van der Waals surface area contributed by atoms with Crippen molar-refractivity contribution in [2.24, 2.45) is 11.8 Å². The van der Waals surface area contributed by atoms with Crippen LogP contribution in [-0.2, 0) is 0 Å². The number of ether oxygens (including phenoxy) is 1. The first-order valence-corrected chi connectivity index (χ1v) is 11.5. The highest BCUT2D eigenvalue weighted by atomic mass is 19.2. The molecule has 0 bridgehead atoms. The third-order valence-corrected chi connectivity index (χ3v) is 6.30. The predicted octanol–water partition coefficient (Wildman–Crippen LogP) is 7.60. The molecular weight excluding hydrogens is 437 g/mol. The van der Waals surface area contributed by atoms with E-state index in [0.29, 0.717) is 22.3 Å². The third kappa shape index (κ3) is 5.69. The van der Waals surface area contributed by atoms with E-state index in [4.69, 9.17) is 4.74 Å². The van der Waals surface area contributed by atoms with Gasteiger partial charge >= 0.3 is 5.97 Å². The fraction of sp³-hybridized carbons (Fsp3) is 0.276. The van der Waals surface area contributed by atoms with Gasteiger partial charge in [-0.05, 0) is 97.7 Å². The van der Waals surface area contributed by atoms with Crippen LogP contribution in [0.2, 0.25) is 0 Å². The number of carbonyl (C=O) groups excluding carboxylic acids is 1. The lowest BCUT2D eigenvalue weighted by atomic mass is 9.80. The second-order valence-electron chi connectivity index (χ2n) is 8.71. The molecule has 3 aromatic rings. The van der Waals surface area contributed by atoms with E-state index < -0.39 is 23.4 Å². The summed E-state index contributed by atoms with van der Waals surface area (Å²) >= 11 is 0. The molecule has 5 heteroatoms. The number of fused-ring (bicyclic) bond motifs is 1. The van der Waals surface area contributed by atoms with Gasteiger partial charge in [-0.15, -0.1) is 6.58 Å². The Balaban J connectivity index is 1.40. The van der Waals surface area contributed by atoms with Crippen molar-refractivity contribution in [3.8, 4) is 17.6 Å². The van der Waals surface area contributed by atoms with Gasteiger partial charge in [0.05, 0.1) is 5.56 Å². The van der Waals surface area contributed by atoms with Crippen LogP contribution in [0.5, 0.6) is 5.75 Å². The molecule has 34 heavy (non-hydrogen) atoms. The minimum absolute atomic E-state index is 0.107. The molecule has 2 nitrogen and oxygen atoms in total. The van der Waals surface area contributed by atoms with Crippen molar-refractivity contribution < 1.29 is 22.7 Å². The molecular formula is C29H25F3O2. The Hall–Kier alpha value is -3.52. The molecule has 1 fully saturated rings. The Kier molecular flexibility index (Phi) is 7.37. The van der Waals surface area contributed by atoms with Gasteiger partial charge in [-0.25, -0.2) is 18.0 Å². The van der Waals surface area contributed by atoms with Crippen LogP contribution in [-0.4, -0.2) is 5.97 Å². The van der Waals surface area contributed by atoms with E-state index in [9.17, 15) is 18.0 Å². The quantitative estimate of drug-likeness (QED) is 0.169. The highest BCUT2D eigenvalue weighted by molar-refractivity contribution is 5.92. The first-order chi connectivity index (χ1) is 16.4. The number of benzene rings is 3. The van der Waals surface area contributed by atoms with E-state index in [2.05, 4.69) is 18.4 Å². The van der Waals surface area contributed by atoms with Crippen molar-refractivity contribution in [3.05, 3.63) is 89.8 Å². The van der Waals surface area contributed by atoms with Crippen molar-refractivity contribution in [2.45, 2.75) is 38.5 Å². The largest absolute Gasteiger partial charge is 0.423 e. The average Bonchev–Trinajstić information content (AvgIpc) is 2.83. The smallest absolute Gasteiger partial charge is 0.346 e. The molecule has 1 aliphatic rings. The summed E-state index contributed by atoms with van der Waals surface area (Å²) in [5, 5.41) is 0.822. The minimum atomic E-state index is -1.00.